The van der Waals surface area contributed by atoms with Crippen LogP contribution in [0.4, 0.5) is 11.5 Å². The molecule has 1 aromatic carbocycles. The lowest BCUT2D eigenvalue weighted by atomic mass is 10.2. The van der Waals surface area contributed by atoms with Crippen molar-refractivity contribution in [2.24, 2.45) is 0 Å². The van der Waals surface area contributed by atoms with Crippen molar-refractivity contribution in [2.45, 2.75) is 26.5 Å². The maximum atomic E-state index is 6.12. The quantitative estimate of drug-likeness (QED) is 0.896. The first-order valence-corrected chi connectivity index (χ1v) is 7.49. The van der Waals surface area contributed by atoms with E-state index < -0.39 is 0 Å². The Morgan fingerprint density at radius 3 is 2.76 bits per heavy atom. The number of aromatic nitrogens is 2. The van der Waals surface area contributed by atoms with Crippen LogP contribution in [-0.4, -0.2) is 23.1 Å². The minimum atomic E-state index is 0.0189. The van der Waals surface area contributed by atoms with Crippen LogP contribution in [0.15, 0.2) is 35.1 Å². The molecular weight excluding hydrogens is 332 g/mol. The third kappa shape index (κ3) is 4.07. The van der Waals surface area contributed by atoms with E-state index in [4.69, 9.17) is 10.5 Å². The lowest BCUT2D eigenvalue weighted by Gasteiger charge is -2.21. The average Bonchev–Trinajstić information content (AvgIpc) is 2.40. The van der Waals surface area contributed by atoms with E-state index in [-0.39, 0.29) is 6.10 Å². The minimum Gasteiger partial charge on any atom is -0.473 e. The highest BCUT2D eigenvalue weighted by Gasteiger charge is 2.14. The molecule has 0 unspecified atom stereocenters. The normalized spacial score (nSPS) is 10.7. The van der Waals surface area contributed by atoms with Gasteiger partial charge >= 0.3 is 0 Å². The summed E-state index contributed by atoms with van der Waals surface area (Å²) in [7, 11) is 1.94. The Morgan fingerprint density at radius 2 is 2.10 bits per heavy atom. The number of anilines is 2. The van der Waals surface area contributed by atoms with Crippen molar-refractivity contribution in [1.82, 2.24) is 9.97 Å². The van der Waals surface area contributed by atoms with Gasteiger partial charge in [0.1, 0.15) is 12.0 Å². The minimum absolute atomic E-state index is 0.0189. The predicted octanol–water partition coefficient (Wildman–Crippen LogP) is 3.24. The molecule has 0 bridgehead atoms. The van der Waals surface area contributed by atoms with Crippen LogP contribution < -0.4 is 15.4 Å². The maximum absolute atomic E-state index is 6.12. The van der Waals surface area contributed by atoms with Gasteiger partial charge in [0.2, 0.25) is 5.88 Å². The standard InChI is InChI=1S/C15H19BrN4O/c1-10(2)21-15-13(17)14(18-9-19-15)20(3)8-11-5-4-6-12(16)7-11/h4-7,9-10H,8,17H2,1-3H3. The number of ether oxygens (including phenoxy) is 1. The maximum Gasteiger partial charge on any atom is 0.242 e. The smallest absolute Gasteiger partial charge is 0.242 e. The van der Waals surface area contributed by atoms with E-state index in [1.807, 2.05) is 37.9 Å². The first kappa shape index (κ1) is 15.6. The summed E-state index contributed by atoms with van der Waals surface area (Å²) in [6, 6.07) is 8.13. The van der Waals surface area contributed by atoms with Crippen molar-refractivity contribution in [1.29, 1.82) is 0 Å². The molecule has 112 valence electrons. The first-order valence-electron chi connectivity index (χ1n) is 6.70. The van der Waals surface area contributed by atoms with E-state index in [2.05, 4.69) is 38.0 Å². The Hall–Kier alpha value is -1.82. The number of benzene rings is 1. The average molecular weight is 351 g/mol. The van der Waals surface area contributed by atoms with Gasteiger partial charge in [0.05, 0.1) is 6.10 Å². The predicted molar refractivity (Wildman–Crippen MR) is 88.5 cm³/mol. The van der Waals surface area contributed by atoms with Crippen LogP contribution in [0.1, 0.15) is 19.4 Å². The van der Waals surface area contributed by atoms with Gasteiger partial charge in [-0.2, -0.15) is 4.98 Å². The fourth-order valence-electron chi connectivity index (χ4n) is 1.98. The third-order valence-corrected chi connectivity index (χ3v) is 3.34. The van der Waals surface area contributed by atoms with Gasteiger partial charge in [-0.3, -0.25) is 0 Å². The molecule has 2 aromatic rings. The van der Waals surface area contributed by atoms with Gasteiger partial charge in [-0.15, -0.1) is 0 Å². The van der Waals surface area contributed by atoms with E-state index in [1.165, 1.54) is 6.33 Å². The highest BCUT2D eigenvalue weighted by molar-refractivity contribution is 9.10. The van der Waals surface area contributed by atoms with Crippen molar-refractivity contribution < 1.29 is 4.74 Å². The van der Waals surface area contributed by atoms with Gasteiger partial charge in [-0.05, 0) is 31.5 Å². The summed E-state index contributed by atoms with van der Waals surface area (Å²) >= 11 is 3.47. The van der Waals surface area contributed by atoms with Crippen molar-refractivity contribution in [3.63, 3.8) is 0 Å². The Balaban J connectivity index is 2.21. The highest BCUT2D eigenvalue weighted by atomic mass is 79.9. The molecule has 1 heterocycles. The zero-order valence-electron chi connectivity index (χ0n) is 12.4. The molecule has 0 aliphatic heterocycles. The molecule has 1 aromatic heterocycles. The largest absolute Gasteiger partial charge is 0.473 e. The monoisotopic (exact) mass is 350 g/mol. The van der Waals surface area contributed by atoms with E-state index in [1.54, 1.807) is 0 Å². The number of hydrogen-bond donors (Lipinski definition) is 1. The second-order valence-corrected chi connectivity index (χ2v) is 5.98. The molecule has 5 nitrogen and oxygen atoms in total. The van der Waals surface area contributed by atoms with Crippen LogP contribution >= 0.6 is 15.9 Å². The zero-order valence-corrected chi connectivity index (χ0v) is 14.0. The van der Waals surface area contributed by atoms with Gasteiger partial charge in [0, 0.05) is 18.1 Å². The summed E-state index contributed by atoms with van der Waals surface area (Å²) in [5.74, 6) is 1.09. The molecule has 0 spiro atoms. The van der Waals surface area contributed by atoms with Crippen molar-refractivity contribution in [3.05, 3.63) is 40.6 Å². The summed E-state index contributed by atoms with van der Waals surface area (Å²) in [5.41, 5.74) is 7.74. The van der Waals surface area contributed by atoms with Gasteiger partial charge < -0.3 is 15.4 Å². The fourth-order valence-corrected chi connectivity index (χ4v) is 2.42. The van der Waals surface area contributed by atoms with Gasteiger partial charge in [0.15, 0.2) is 5.82 Å². The number of nitrogens with zero attached hydrogens (tertiary/aromatic N) is 3. The second kappa shape index (κ2) is 6.76. The van der Waals surface area contributed by atoms with E-state index in [0.717, 1.165) is 10.0 Å². The Kier molecular flexibility index (Phi) is 5.01. The molecule has 0 saturated carbocycles. The van der Waals surface area contributed by atoms with Crippen LogP contribution in [-0.2, 0) is 6.54 Å². The van der Waals surface area contributed by atoms with E-state index >= 15 is 0 Å². The molecule has 2 rings (SSSR count). The first-order chi connectivity index (χ1) is 9.97. The SMILES string of the molecule is CC(C)Oc1ncnc(N(C)Cc2cccc(Br)c2)c1N. The molecule has 6 heteroatoms. The van der Waals surface area contributed by atoms with Gasteiger partial charge in [-0.25, -0.2) is 4.98 Å². The fraction of sp³-hybridized carbons (Fsp3) is 0.333. The second-order valence-electron chi connectivity index (χ2n) is 5.07. The lowest BCUT2D eigenvalue weighted by molar-refractivity contribution is 0.234. The van der Waals surface area contributed by atoms with Crippen LogP contribution in [0.2, 0.25) is 0 Å². The number of nitrogen functional groups attached to an aromatic ring is 1. The van der Waals surface area contributed by atoms with Crippen molar-refractivity contribution in [2.75, 3.05) is 17.7 Å². The number of rotatable bonds is 5. The lowest BCUT2D eigenvalue weighted by Crippen LogP contribution is -2.20. The number of halogens is 1. The number of nitrogens with two attached hydrogens (primary N) is 1. The zero-order chi connectivity index (χ0) is 15.4. The van der Waals surface area contributed by atoms with Crippen molar-refractivity contribution in [3.8, 4) is 5.88 Å². The van der Waals surface area contributed by atoms with E-state index in [0.29, 0.717) is 23.9 Å². The Bertz CT molecular complexity index is 618. The number of hydrogen-bond acceptors (Lipinski definition) is 5. The molecular formula is C15H19BrN4O. The Labute approximate surface area is 133 Å². The molecule has 0 saturated heterocycles. The Morgan fingerprint density at radius 1 is 1.33 bits per heavy atom. The molecule has 0 aliphatic carbocycles. The molecule has 0 aliphatic rings. The molecule has 0 radical (unpaired) electrons. The molecule has 2 N–H and O–H groups in total. The topological polar surface area (TPSA) is 64.3 Å². The highest BCUT2D eigenvalue weighted by Crippen LogP contribution is 2.28. The third-order valence-electron chi connectivity index (χ3n) is 2.84. The van der Waals surface area contributed by atoms with Crippen molar-refractivity contribution >= 4 is 27.4 Å². The summed E-state index contributed by atoms with van der Waals surface area (Å²) in [5, 5.41) is 0. The van der Waals surface area contributed by atoms with Crippen LogP contribution in [0.5, 0.6) is 5.88 Å². The molecule has 0 amide bonds. The molecule has 21 heavy (non-hydrogen) atoms. The molecule has 0 fully saturated rings. The summed E-state index contributed by atoms with van der Waals surface area (Å²) in [4.78, 5) is 10.3. The van der Waals surface area contributed by atoms with Crippen LogP contribution in [0.25, 0.3) is 0 Å². The van der Waals surface area contributed by atoms with Crippen LogP contribution in [0.3, 0.4) is 0 Å². The van der Waals surface area contributed by atoms with Crippen LogP contribution in [0, 0.1) is 0 Å². The van der Waals surface area contributed by atoms with Gasteiger partial charge in [0.25, 0.3) is 0 Å². The summed E-state index contributed by atoms with van der Waals surface area (Å²) < 4.78 is 6.64. The van der Waals surface area contributed by atoms with E-state index in [9.17, 15) is 0 Å². The summed E-state index contributed by atoms with van der Waals surface area (Å²) in [6.07, 6.45) is 1.49. The summed E-state index contributed by atoms with van der Waals surface area (Å²) in [6.45, 7) is 4.57. The van der Waals surface area contributed by atoms with Gasteiger partial charge in [-0.1, -0.05) is 28.1 Å². The molecule has 0 atom stereocenters.